The van der Waals surface area contributed by atoms with E-state index in [4.69, 9.17) is 4.74 Å². The summed E-state index contributed by atoms with van der Waals surface area (Å²) in [5, 5.41) is 9.93. The van der Waals surface area contributed by atoms with Gasteiger partial charge in [-0.1, -0.05) is 33.6 Å². The van der Waals surface area contributed by atoms with Gasteiger partial charge in [-0.25, -0.2) is 0 Å². The number of aliphatic hydroxyl groups excluding tert-OH is 1. The number of unbranched alkanes of at least 4 members (excludes halogenated alkanes) is 1. The van der Waals surface area contributed by atoms with E-state index in [1.807, 2.05) is 13.8 Å². The minimum absolute atomic E-state index is 0.0207. The molecule has 100 valence electrons. The Morgan fingerprint density at radius 2 is 2.06 bits per heavy atom. The molecular weight excluding hydrogens is 216 g/mol. The third kappa shape index (κ3) is 4.90. The lowest BCUT2D eigenvalue weighted by molar-refractivity contribution is -0.118. The van der Waals surface area contributed by atoms with Crippen LogP contribution in [0, 0.1) is 5.92 Å². The number of ketones is 1. The van der Waals surface area contributed by atoms with Crippen LogP contribution in [0.1, 0.15) is 53.4 Å². The molecule has 1 N–H and O–H groups in total. The average molecular weight is 242 g/mol. The maximum absolute atomic E-state index is 11.8. The Balaban J connectivity index is 4.61. The van der Waals surface area contributed by atoms with Gasteiger partial charge in [0.15, 0.2) is 5.78 Å². The van der Waals surface area contributed by atoms with Crippen LogP contribution in [-0.2, 0) is 9.53 Å². The Kier molecular flexibility index (Phi) is 7.12. The summed E-state index contributed by atoms with van der Waals surface area (Å²) in [5.74, 6) is -0.0291. The molecule has 3 heteroatoms. The fourth-order valence-electron chi connectivity index (χ4n) is 1.51. The molecule has 0 amide bonds. The van der Waals surface area contributed by atoms with E-state index in [-0.39, 0.29) is 17.5 Å². The lowest BCUT2D eigenvalue weighted by atomic mass is 9.95. The van der Waals surface area contributed by atoms with E-state index < -0.39 is 5.60 Å². The Bertz CT molecular complexity index is 265. The quantitative estimate of drug-likeness (QED) is 0.522. The van der Waals surface area contributed by atoms with Crippen molar-refractivity contribution < 1.29 is 14.6 Å². The fourth-order valence-corrected chi connectivity index (χ4v) is 1.51. The largest absolute Gasteiger partial charge is 0.509 e. The van der Waals surface area contributed by atoms with Crippen molar-refractivity contribution in [1.82, 2.24) is 0 Å². The molecule has 0 heterocycles. The van der Waals surface area contributed by atoms with E-state index in [0.717, 1.165) is 19.3 Å². The zero-order chi connectivity index (χ0) is 13.5. The van der Waals surface area contributed by atoms with Gasteiger partial charge in [0.1, 0.15) is 11.4 Å². The van der Waals surface area contributed by atoms with Crippen LogP contribution in [0.5, 0.6) is 0 Å². The monoisotopic (exact) mass is 242 g/mol. The summed E-state index contributed by atoms with van der Waals surface area (Å²) >= 11 is 0. The highest BCUT2D eigenvalue weighted by Gasteiger charge is 2.27. The minimum atomic E-state index is -0.750. The number of carbonyl (C=O) groups is 1. The Labute approximate surface area is 105 Å². The van der Waals surface area contributed by atoms with Crippen molar-refractivity contribution in [3.05, 3.63) is 11.8 Å². The van der Waals surface area contributed by atoms with Crippen LogP contribution < -0.4 is 0 Å². The Morgan fingerprint density at radius 3 is 2.47 bits per heavy atom. The van der Waals surface area contributed by atoms with Gasteiger partial charge in [0.2, 0.25) is 0 Å². The molecule has 0 fully saturated rings. The number of ether oxygens (including phenoxy) is 1. The third-order valence-corrected chi connectivity index (χ3v) is 3.42. The van der Waals surface area contributed by atoms with Gasteiger partial charge in [0.25, 0.3) is 0 Å². The number of methoxy groups -OCH3 is 1. The highest BCUT2D eigenvalue weighted by Crippen LogP contribution is 2.23. The molecule has 2 atom stereocenters. The average Bonchev–Trinajstić information content (AvgIpc) is 2.34. The highest BCUT2D eigenvalue weighted by molar-refractivity contribution is 5.92. The molecule has 3 nitrogen and oxygen atoms in total. The molecule has 0 aromatic rings. The molecule has 0 aromatic carbocycles. The van der Waals surface area contributed by atoms with Gasteiger partial charge in [0.05, 0.1) is 0 Å². The summed E-state index contributed by atoms with van der Waals surface area (Å²) in [6.45, 7) is 7.70. The second-order valence-electron chi connectivity index (χ2n) is 4.76. The number of carbonyl (C=O) groups excluding carboxylic acids is 1. The number of allylic oxidation sites excluding steroid dienone is 1. The predicted molar refractivity (Wildman–Crippen MR) is 70.1 cm³/mol. The third-order valence-electron chi connectivity index (χ3n) is 3.42. The summed E-state index contributed by atoms with van der Waals surface area (Å²) in [7, 11) is 1.54. The maximum Gasteiger partial charge on any atom is 0.161 e. The molecule has 2 unspecified atom stereocenters. The summed E-state index contributed by atoms with van der Waals surface area (Å²) < 4.78 is 5.24. The minimum Gasteiger partial charge on any atom is -0.509 e. The van der Waals surface area contributed by atoms with E-state index in [1.165, 1.54) is 6.08 Å². The van der Waals surface area contributed by atoms with Gasteiger partial charge in [0, 0.05) is 19.1 Å². The van der Waals surface area contributed by atoms with Crippen molar-refractivity contribution in [2.45, 2.75) is 59.0 Å². The Hall–Kier alpha value is -0.830. The second-order valence-corrected chi connectivity index (χ2v) is 4.76. The summed E-state index contributed by atoms with van der Waals surface area (Å²) in [5.41, 5.74) is -0.750. The van der Waals surface area contributed by atoms with Crippen molar-refractivity contribution in [2.75, 3.05) is 7.11 Å². The molecule has 0 radical (unpaired) electrons. The maximum atomic E-state index is 11.8. The van der Waals surface area contributed by atoms with Crippen molar-refractivity contribution in [3.8, 4) is 0 Å². The van der Waals surface area contributed by atoms with Crippen molar-refractivity contribution >= 4 is 5.78 Å². The van der Waals surface area contributed by atoms with E-state index in [0.29, 0.717) is 6.42 Å². The molecule has 0 spiro atoms. The molecule has 0 rings (SSSR count). The van der Waals surface area contributed by atoms with Crippen LogP contribution in [-0.4, -0.2) is 23.6 Å². The first-order valence-corrected chi connectivity index (χ1v) is 6.41. The molecule has 0 aliphatic heterocycles. The van der Waals surface area contributed by atoms with E-state index in [9.17, 15) is 9.90 Å². The summed E-state index contributed by atoms with van der Waals surface area (Å²) in [6, 6.07) is 0. The molecule has 0 bridgehead atoms. The van der Waals surface area contributed by atoms with Crippen LogP contribution in [0.25, 0.3) is 0 Å². The normalized spacial score (nSPS) is 17.6. The first-order valence-electron chi connectivity index (χ1n) is 6.41. The SMILES string of the molecule is CCCCC(C)C(=O)C=C(O)C(C)(CC)OC. The molecule has 0 saturated carbocycles. The van der Waals surface area contributed by atoms with Gasteiger partial charge >= 0.3 is 0 Å². The van der Waals surface area contributed by atoms with Gasteiger partial charge in [-0.15, -0.1) is 0 Å². The van der Waals surface area contributed by atoms with Gasteiger partial charge in [-0.05, 0) is 19.8 Å². The van der Waals surface area contributed by atoms with Gasteiger partial charge in [-0.2, -0.15) is 0 Å². The lowest BCUT2D eigenvalue weighted by Gasteiger charge is -2.25. The van der Waals surface area contributed by atoms with E-state index in [2.05, 4.69) is 6.92 Å². The first kappa shape index (κ1) is 16.2. The topological polar surface area (TPSA) is 46.5 Å². The fraction of sp³-hybridized carbons (Fsp3) is 0.786. The molecule has 17 heavy (non-hydrogen) atoms. The van der Waals surface area contributed by atoms with Crippen LogP contribution in [0.3, 0.4) is 0 Å². The predicted octanol–water partition coefficient (Wildman–Crippen LogP) is 3.64. The molecular formula is C14H26O3. The zero-order valence-corrected chi connectivity index (χ0v) is 11.7. The van der Waals surface area contributed by atoms with E-state index >= 15 is 0 Å². The second kappa shape index (κ2) is 7.49. The van der Waals surface area contributed by atoms with Crippen LogP contribution in [0.15, 0.2) is 11.8 Å². The lowest BCUT2D eigenvalue weighted by Crippen LogP contribution is -2.29. The number of rotatable bonds is 8. The number of hydrogen-bond donors (Lipinski definition) is 1. The standard InChI is InChI=1S/C14H26O3/c1-6-8-9-11(3)12(15)10-13(16)14(4,7-2)17-5/h10-11,16H,6-9H2,1-5H3. The Morgan fingerprint density at radius 1 is 1.47 bits per heavy atom. The number of aliphatic hydroxyl groups is 1. The molecule has 0 aliphatic carbocycles. The molecule has 0 aliphatic rings. The highest BCUT2D eigenvalue weighted by atomic mass is 16.5. The molecule has 0 saturated heterocycles. The van der Waals surface area contributed by atoms with Crippen LogP contribution in [0.4, 0.5) is 0 Å². The summed E-state index contributed by atoms with van der Waals surface area (Å²) in [6.07, 6.45) is 4.94. The van der Waals surface area contributed by atoms with Crippen molar-refractivity contribution in [3.63, 3.8) is 0 Å². The van der Waals surface area contributed by atoms with Crippen molar-refractivity contribution in [1.29, 1.82) is 0 Å². The van der Waals surface area contributed by atoms with Crippen molar-refractivity contribution in [2.24, 2.45) is 5.92 Å². The van der Waals surface area contributed by atoms with E-state index in [1.54, 1.807) is 14.0 Å². The smallest absolute Gasteiger partial charge is 0.161 e. The summed E-state index contributed by atoms with van der Waals surface area (Å²) in [4.78, 5) is 11.8. The van der Waals surface area contributed by atoms with Crippen LogP contribution >= 0.6 is 0 Å². The van der Waals surface area contributed by atoms with Crippen LogP contribution in [0.2, 0.25) is 0 Å². The van der Waals surface area contributed by atoms with Gasteiger partial charge in [-0.3, -0.25) is 4.79 Å². The van der Waals surface area contributed by atoms with Gasteiger partial charge < -0.3 is 9.84 Å². The zero-order valence-electron chi connectivity index (χ0n) is 11.7. The molecule has 0 aromatic heterocycles. The number of hydrogen-bond acceptors (Lipinski definition) is 3. The first-order chi connectivity index (χ1) is 7.91.